The Morgan fingerprint density at radius 3 is 2.75 bits per heavy atom. The summed E-state index contributed by atoms with van der Waals surface area (Å²) in [6.45, 7) is 8.55. The summed E-state index contributed by atoms with van der Waals surface area (Å²) in [5, 5.41) is 1.04. The third-order valence-electron chi connectivity index (χ3n) is 6.81. The predicted octanol–water partition coefficient (Wildman–Crippen LogP) is 5.49. The highest BCUT2D eigenvalue weighted by atomic mass is 79.9. The van der Waals surface area contributed by atoms with E-state index < -0.39 is 12.0 Å². The van der Waals surface area contributed by atoms with Crippen molar-refractivity contribution in [1.29, 1.82) is 0 Å². The molecule has 206 valence electrons. The van der Waals surface area contributed by atoms with Gasteiger partial charge in [0.1, 0.15) is 11.8 Å². The van der Waals surface area contributed by atoms with Gasteiger partial charge in [-0.1, -0.05) is 64.9 Å². The van der Waals surface area contributed by atoms with Crippen LogP contribution in [-0.2, 0) is 16.1 Å². The maximum Gasteiger partial charge on any atom is 0.338 e. The van der Waals surface area contributed by atoms with E-state index >= 15 is 0 Å². The van der Waals surface area contributed by atoms with Gasteiger partial charge in [-0.3, -0.25) is 9.36 Å². The Labute approximate surface area is 244 Å². The number of aromatic nitrogens is 2. The maximum atomic E-state index is 14.2. The van der Waals surface area contributed by atoms with Gasteiger partial charge < -0.3 is 14.0 Å². The number of carbonyl (C=O) groups is 1. The third-order valence-corrected chi connectivity index (χ3v) is 8.29. The number of hydrogen-bond acceptors (Lipinski definition) is 6. The van der Waals surface area contributed by atoms with Crippen LogP contribution in [0.2, 0.25) is 0 Å². The van der Waals surface area contributed by atoms with Gasteiger partial charge in [0, 0.05) is 39.2 Å². The number of methoxy groups -OCH3 is 1. The monoisotopic (exact) mass is 619 g/mol. The Kier molecular flexibility index (Phi) is 8.23. The van der Waals surface area contributed by atoms with Gasteiger partial charge >= 0.3 is 5.97 Å². The van der Waals surface area contributed by atoms with Crippen molar-refractivity contribution in [2.24, 2.45) is 4.99 Å². The normalized spacial score (nSPS) is 15.2. The average molecular weight is 621 g/mol. The zero-order valence-electron chi connectivity index (χ0n) is 22.6. The number of esters is 1. The van der Waals surface area contributed by atoms with E-state index in [1.165, 1.54) is 11.3 Å². The summed E-state index contributed by atoms with van der Waals surface area (Å²) in [5.74, 6) is 0.0818. The molecule has 2 aromatic carbocycles. The van der Waals surface area contributed by atoms with Crippen molar-refractivity contribution in [2.75, 3.05) is 13.7 Å². The molecule has 2 aromatic heterocycles. The molecule has 0 N–H and O–H groups in total. The lowest BCUT2D eigenvalue weighted by molar-refractivity contribution is -0.139. The van der Waals surface area contributed by atoms with Gasteiger partial charge in [-0.05, 0) is 43.7 Å². The Bertz CT molecular complexity index is 1830. The van der Waals surface area contributed by atoms with E-state index in [0.717, 1.165) is 27.4 Å². The van der Waals surface area contributed by atoms with Crippen molar-refractivity contribution in [1.82, 2.24) is 9.13 Å². The molecule has 1 atom stereocenters. The second kappa shape index (κ2) is 11.8. The first-order valence-electron chi connectivity index (χ1n) is 13.2. The summed E-state index contributed by atoms with van der Waals surface area (Å²) in [6.07, 6.45) is 7.14. The van der Waals surface area contributed by atoms with Gasteiger partial charge in [0.15, 0.2) is 4.80 Å². The molecule has 1 aliphatic heterocycles. The molecule has 4 aromatic rings. The van der Waals surface area contributed by atoms with E-state index in [4.69, 9.17) is 14.5 Å². The van der Waals surface area contributed by atoms with Crippen LogP contribution in [0.25, 0.3) is 17.0 Å². The molecule has 7 nitrogen and oxygen atoms in total. The standard InChI is InChI=1S/C31H30BrN3O4S/c1-5-10-23-27(30(37)39-7-3)28(22-17-20(32)13-14-25(22)38-4)35-29(36)26(40-31(35)33-23)16-19-18-34(15-6-2)24-12-9-8-11-21(19)24/h6,8-9,11-14,16-18,28H,2,5,7,10,15H2,1,3-4H3/b26-16+/t28-/m1/s1. The van der Waals surface area contributed by atoms with Crippen LogP contribution in [0.1, 0.15) is 43.9 Å². The lowest BCUT2D eigenvalue weighted by Gasteiger charge is -2.27. The Morgan fingerprint density at radius 2 is 2.02 bits per heavy atom. The molecular weight excluding hydrogens is 590 g/mol. The molecule has 1 aliphatic rings. The van der Waals surface area contributed by atoms with E-state index in [-0.39, 0.29) is 12.2 Å². The zero-order valence-corrected chi connectivity index (χ0v) is 25.0. The molecular formula is C31H30BrN3O4S. The van der Waals surface area contributed by atoms with Crippen LogP contribution in [0.5, 0.6) is 5.75 Å². The first-order valence-corrected chi connectivity index (χ1v) is 14.8. The second-order valence-corrected chi connectivity index (χ2v) is 11.3. The fraction of sp³-hybridized carbons (Fsp3) is 0.258. The summed E-state index contributed by atoms with van der Waals surface area (Å²) in [6, 6.07) is 12.9. The van der Waals surface area contributed by atoms with Crippen LogP contribution in [0.4, 0.5) is 0 Å². The van der Waals surface area contributed by atoms with E-state index in [1.54, 1.807) is 18.6 Å². The molecule has 0 saturated carbocycles. The molecule has 0 amide bonds. The second-order valence-electron chi connectivity index (χ2n) is 9.34. The van der Waals surface area contributed by atoms with Crippen molar-refractivity contribution in [3.8, 4) is 5.75 Å². The number of fused-ring (bicyclic) bond motifs is 2. The summed E-state index contributed by atoms with van der Waals surface area (Å²) in [4.78, 5) is 33.0. The molecule has 0 unspecified atom stereocenters. The quantitative estimate of drug-likeness (QED) is 0.183. The highest BCUT2D eigenvalue weighted by Gasteiger charge is 2.36. The van der Waals surface area contributed by atoms with Crippen LogP contribution in [0.3, 0.4) is 0 Å². The fourth-order valence-corrected chi connectivity index (χ4v) is 6.55. The minimum atomic E-state index is -0.756. The Morgan fingerprint density at radius 1 is 1.23 bits per heavy atom. The van der Waals surface area contributed by atoms with Crippen molar-refractivity contribution < 1.29 is 14.3 Å². The van der Waals surface area contributed by atoms with Crippen molar-refractivity contribution in [2.45, 2.75) is 39.3 Å². The highest BCUT2D eigenvalue weighted by Crippen LogP contribution is 2.38. The summed E-state index contributed by atoms with van der Waals surface area (Å²) >= 11 is 4.88. The first kappa shape index (κ1) is 27.9. The van der Waals surface area contributed by atoms with Crippen molar-refractivity contribution in [3.63, 3.8) is 0 Å². The van der Waals surface area contributed by atoms with Crippen LogP contribution in [0.15, 0.2) is 86.8 Å². The maximum absolute atomic E-state index is 14.2. The summed E-state index contributed by atoms with van der Waals surface area (Å²) < 4.78 is 16.3. The molecule has 9 heteroatoms. The van der Waals surface area contributed by atoms with Gasteiger partial charge in [0.25, 0.3) is 5.56 Å². The summed E-state index contributed by atoms with van der Waals surface area (Å²) in [5.41, 5.74) is 3.43. The van der Waals surface area contributed by atoms with E-state index in [9.17, 15) is 9.59 Å². The number of rotatable bonds is 9. The van der Waals surface area contributed by atoms with Gasteiger partial charge in [-0.2, -0.15) is 0 Å². The van der Waals surface area contributed by atoms with Crippen LogP contribution >= 0.6 is 27.3 Å². The highest BCUT2D eigenvalue weighted by molar-refractivity contribution is 9.10. The third kappa shape index (κ3) is 4.99. The number of allylic oxidation sites excluding steroid dienone is 2. The first-order chi connectivity index (χ1) is 19.4. The molecule has 0 radical (unpaired) electrons. The van der Waals surface area contributed by atoms with Crippen LogP contribution in [-0.4, -0.2) is 28.8 Å². The number of carbonyl (C=O) groups excluding carboxylic acids is 1. The molecule has 5 rings (SSSR count). The van der Waals surface area contributed by atoms with Gasteiger partial charge in [-0.25, -0.2) is 9.79 Å². The largest absolute Gasteiger partial charge is 0.496 e. The minimum absolute atomic E-state index is 0.212. The number of hydrogen-bond donors (Lipinski definition) is 0. The molecule has 0 fully saturated rings. The van der Waals surface area contributed by atoms with E-state index in [2.05, 4.69) is 33.1 Å². The minimum Gasteiger partial charge on any atom is -0.496 e. The molecule has 3 heterocycles. The molecule has 40 heavy (non-hydrogen) atoms. The van der Waals surface area contributed by atoms with Crippen molar-refractivity contribution >= 4 is 50.2 Å². The lowest BCUT2D eigenvalue weighted by atomic mass is 9.93. The smallest absolute Gasteiger partial charge is 0.338 e. The van der Waals surface area contributed by atoms with E-state index in [0.29, 0.717) is 44.9 Å². The molecule has 0 bridgehead atoms. The predicted molar refractivity (Wildman–Crippen MR) is 162 cm³/mol. The van der Waals surface area contributed by atoms with E-state index in [1.807, 2.05) is 61.7 Å². The van der Waals surface area contributed by atoms with Gasteiger partial charge in [-0.15, -0.1) is 6.58 Å². The Hall–Kier alpha value is -3.69. The lowest BCUT2D eigenvalue weighted by Crippen LogP contribution is -2.40. The van der Waals surface area contributed by atoms with Gasteiger partial charge in [0.05, 0.1) is 29.5 Å². The van der Waals surface area contributed by atoms with Crippen LogP contribution in [0, 0.1) is 0 Å². The number of para-hydroxylation sites is 1. The fourth-order valence-electron chi connectivity index (χ4n) is 5.16. The number of ether oxygens (including phenoxy) is 2. The van der Waals surface area contributed by atoms with Gasteiger partial charge in [0.2, 0.25) is 0 Å². The molecule has 0 spiro atoms. The van der Waals surface area contributed by atoms with Crippen molar-refractivity contribution in [3.05, 3.63) is 108 Å². The SMILES string of the molecule is C=CCn1cc(/C=c2/sc3n(c2=O)[C@H](c2cc(Br)ccc2OC)C(C(=O)OCC)=C(CCC)N=3)c2ccccc21. The number of benzene rings is 2. The number of halogens is 1. The topological polar surface area (TPSA) is 74.8 Å². The zero-order chi connectivity index (χ0) is 28.4. The number of thiazole rings is 1. The number of nitrogens with zero attached hydrogens (tertiary/aromatic N) is 3. The molecule has 0 aliphatic carbocycles. The Balaban J connectivity index is 1.81. The summed E-state index contributed by atoms with van der Waals surface area (Å²) in [7, 11) is 1.58. The average Bonchev–Trinajstić information content (AvgIpc) is 3.45. The molecule has 0 saturated heterocycles. The van der Waals surface area contributed by atoms with Crippen LogP contribution < -0.4 is 19.6 Å².